The summed E-state index contributed by atoms with van der Waals surface area (Å²) >= 11 is 0. The van der Waals surface area contributed by atoms with Gasteiger partial charge in [-0.05, 0) is 25.7 Å². The van der Waals surface area contributed by atoms with E-state index in [4.69, 9.17) is 4.74 Å². The van der Waals surface area contributed by atoms with Crippen LogP contribution in [0.2, 0.25) is 0 Å². The number of ether oxygens (including phenoxy) is 1. The van der Waals surface area contributed by atoms with Gasteiger partial charge in [-0.3, -0.25) is 9.69 Å². The van der Waals surface area contributed by atoms with Crippen molar-refractivity contribution < 1.29 is 9.53 Å². The van der Waals surface area contributed by atoms with Gasteiger partial charge in [0.05, 0.1) is 0 Å². The number of amides is 1. The summed E-state index contributed by atoms with van der Waals surface area (Å²) in [5, 5.41) is 3.38. The zero-order chi connectivity index (χ0) is 13.1. The number of likely N-dealkylation sites (tertiary alicyclic amines) is 1. The van der Waals surface area contributed by atoms with Crippen molar-refractivity contribution in [2.45, 2.75) is 37.8 Å². The highest BCUT2D eigenvalue weighted by Gasteiger charge is 2.34. The minimum atomic E-state index is -0.157. The van der Waals surface area contributed by atoms with Crippen molar-refractivity contribution in [3.05, 3.63) is 0 Å². The lowest BCUT2D eigenvalue weighted by Crippen LogP contribution is -2.50. The van der Waals surface area contributed by atoms with E-state index in [1.807, 2.05) is 4.90 Å². The molecule has 6 heteroatoms. The van der Waals surface area contributed by atoms with E-state index in [9.17, 15) is 4.79 Å². The molecular weight excluding hydrogens is 278 g/mol. The number of hydrogen-bond acceptors (Lipinski definition) is 4. The third-order valence-electron chi connectivity index (χ3n) is 4.60. The summed E-state index contributed by atoms with van der Waals surface area (Å²) in [6.07, 6.45) is 4.11. The van der Waals surface area contributed by atoms with Gasteiger partial charge in [-0.2, -0.15) is 0 Å². The molecule has 0 aromatic rings. The summed E-state index contributed by atoms with van der Waals surface area (Å²) in [6.45, 7) is 6.96. The Hall–Kier alpha value is -0.360. The maximum atomic E-state index is 12.4. The molecule has 3 aliphatic heterocycles. The van der Waals surface area contributed by atoms with E-state index in [0.29, 0.717) is 6.04 Å². The van der Waals surface area contributed by atoms with Crippen molar-refractivity contribution >= 4 is 18.3 Å². The van der Waals surface area contributed by atoms with Gasteiger partial charge in [0.15, 0.2) is 0 Å². The lowest BCUT2D eigenvalue weighted by molar-refractivity contribution is -0.145. The molecular formula is C14H26ClN3O2. The Morgan fingerprint density at radius 2 is 1.90 bits per heavy atom. The Morgan fingerprint density at radius 1 is 1.10 bits per heavy atom. The van der Waals surface area contributed by atoms with Crippen molar-refractivity contribution in [3.63, 3.8) is 0 Å². The molecule has 0 saturated carbocycles. The molecule has 0 radical (unpaired) electrons. The van der Waals surface area contributed by atoms with E-state index in [1.165, 1.54) is 0 Å². The smallest absolute Gasteiger partial charge is 0.251 e. The quantitative estimate of drug-likeness (QED) is 0.806. The summed E-state index contributed by atoms with van der Waals surface area (Å²) in [4.78, 5) is 17.0. The average Bonchev–Trinajstić information content (AvgIpc) is 2.98. The number of carbonyl (C=O) groups excluding carboxylic acids is 1. The summed E-state index contributed by atoms with van der Waals surface area (Å²) < 4.78 is 5.62. The van der Waals surface area contributed by atoms with Gasteiger partial charge < -0.3 is 15.0 Å². The third-order valence-corrected chi connectivity index (χ3v) is 4.60. The molecule has 2 unspecified atom stereocenters. The van der Waals surface area contributed by atoms with Crippen LogP contribution in [0.4, 0.5) is 0 Å². The van der Waals surface area contributed by atoms with E-state index in [2.05, 4.69) is 10.2 Å². The molecule has 0 spiro atoms. The molecule has 20 heavy (non-hydrogen) atoms. The Morgan fingerprint density at radius 3 is 2.60 bits per heavy atom. The van der Waals surface area contributed by atoms with Crippen LogP contribution in [0, 0.1) is 0 Å². The summed E-state index contributed by atoms with van der Waals surface area (Å²) in [7, 11) is 0. The minimum Gasteiger partial charge on any atom is -0.368 e. The molecule has 1 amide bonds. The molecule has 1 N–H and O–H groups in total. The van der Waals surface area contributed by atoms with Crippen molar-refractivity contribution in [2.24, 2.45) is 0 Å². The summed E-state index contributed by atoms with van der Waals surface area (Å²) in [5.41, 5.74) is 0. The van der Waals surface area contributed by atoms with E-state index < -0.39 is 0 Å². The van der Waals surface area contributed by atoms with Crippen molar-refractivity contribution in [2.75, 3.05) is 45.9 Å². The van der Waals surface area contributed by atoms with Gasteiger partial charge in [0.2, 0.25) is 0 Å². The molecule has 2 atom stereocenters. The van der Waals surface area contributed by atoms with Crippen molar-refractivity contribution in [1.82, 2.24) is 15.1 Å². The number of nitrogens with zero attached hydrogens (tertiary/aromatic N) is 2. The first kappa shape index (κ1) is 16.0. The van der Waals surface area contributed by atoms with Gasteiger partial charge >= 0.3 is 0 Å². The normalized spacial score (nSPS) is 31.9. The van der Waals surface area contributed by atoms with E-state index in [-0.39, 0.29) is 24.4 Å². The molecule has 5 nitrogen and oxygen atoms in total. The monoisotopic (exact) mass is 303 g/mol. The zero-order valence-corrected chi connectivity index (χ0v) is 12.9. The standard InChI is InChI=1S/C14H25N3O2.ClH/c18-14(13-3-1-2-10-19-13)17-7-4-12(11-17)16-8-5-15-6-9-16;/h12-13,15H,1-11H2;1H. The Bertz CT molecular complexity index is 318. The van der Waals surface area contributed by atoms with Crippen molar-refractivity contribution in [3.8, 4) is 0 Å². The molecule has 0 aromatic carbocycles. The topological polar surface area (TPSA) is 44.8 Å². The number of carbonyl (C=O) groups is 1. The van der Waals surface area contributed by atoms with E-state index in [0.717, 1.165) is 71.6 Å². The van der Waals surface area contributed by atoms with Gasteiger partial charge in [-0.1, -0.05) is 0 Å². The van der Waals surface area contributed by atoms with E-state index >= 15 is 0 Å². The highest BCUT2D eigenvalue weighted by atomic mass is 35.5. The lowest BCUT2D eigenvalue weighted by Gasteiger charge is -2.33. The molecule has 3 heterocycles. The molecule has 0 aliphatic carbocycles. The van der Waals surface area contributed by atoms with Crippen LogP contribution in [0.1, 0.15) is 25.7 Å². The first-order valence-electron chi connectivity index (χ1n) is 7.70. The van der Waals surface area contributed by atoms with Gasteiger partial charge in [0.25, 0.3) is 5.91 Å². The second kappa shape index (κ2) is 7.59. The SMILES string of the molecule is Cl.O=C(C1CCCCO1)N1CCC(N2CCNCC2)C1. The third kappa shape index (κ3) is 3.64. The van der Waals surface area contributed by atoms with Crippen LogP contribution in [-0.4, -0.2) is 73.7 Å². The van der Waals surface area contributed by atoms with Crippen LogP contribution in [-0.2, 0) is 9.53 Å². The average molecular weight is 304 g/mol. The Labute approximate surface area is 127 Å². The predicted molar refractivity (Wildman–Crippen MR) is 80.3 cm³/mol. The maximum Gasteiger partial charge on any atom is 0.251 e. The second-order valence-electron chi connectivity index (χ2n) is 5.87. The van der Waals surface area contributed by atoms with Crippen LogP contribution in [0.3, 0.4) is 0 Å². The summed E-state index contributed by atoms with van der Waals surface area (Å²) in [5.74, 6) is 0.234. The van der Waals surface area contributed by atoms with Gasteiger partial charge in [0.1, 0.15) is 6.10 Å². The minimum absolute atomic E-state index is 0. The Balaban J connectivity index is 0.00000147. The first-order valence-corrected chi connectivity index (χ1v) is 7.70. The number of hydrogen-bond donors (Lipinski definition) is 1. The number of piperazine rings is 1. The molecule has 116 valence electrons. The molecule has 0 aromatic heterocycles. The molecule has 3 aliphatic rings. The van der Waals surface area contributed by atoms with Crippen LogP contribution in [0.25, 0.3) is 0 Å². The van der Waals surface area contributed by atoms with Crippen LogP contribution in [0.5, 0.6) is 0 Å². The second-order valence-corrected chi connectivity index (χ2v) is 5.87. The molecule has 3 rings (SSSR count). The van der Waals surface area contributed by atoms with Gasteiger partial charge in [-0.15, -0.1) is 12.4 Å². The predicted octanol–water partition coefficient (Wildman–Crippen LogP) is 0.483. The Kier molecular flexibility index (Phi) is 6.08. The summed E-state index contributed by atoms with van der Waals surface area (Å²) in [6, 6.07) is 0.564. The van der Waals surface area contributed by atoms with Gasteiger partial charge in [-0.25, -0.2) is 0 Å². The molecule has 0 bridgehead atoms. The van der Waals surface area contributed by atoms with Crippen LogP contribution >= 0.6 is 12.4 Å². The largest absolute Gasteiger partial charge is 0.368 e. The zero-order valence-electron chi connectivity index (χ0n) is 12.1. The first-order chi connectivity index (χ1) is 9.34. The maximum absolute atomic E-state index is 12.4. The van der Waals surface area contributed by atoms with Crippen molar-refractivity contribution in [1.29, 1.82) is 0 Å². The van der Waals surface area contributed by atoms with Crippen LogP contribution < -0.4 is 5.32 Å². The molecule has 3 fully saturated rings. The lowest BCUT2D eigenvalue weighted by atomic mass is 10.1. The highest BCUT2D eigenvalue weighted by molar-refractivity contribution is 5.85. The van der Waals surface area contributed by atoms with E-state index in [1.54, 1.807) is 0 Å². The number of halogens is 1. The fourth-order valence-electron chi connectivity index (χ4n) is 3.43. The highest BCUT2D eigenvalue weighted by Crippen LogP contribution is 2.21. The number of rotatable bonds is 2. The number of nitrogens with one attached hydrogen (secondary N) is 1. The molecule has 3 saturated heterocycles. The van der Waals surface area contributed by atoms with Crippen LogP contribution in [0.15, 0.2) is 0 Å². The van der Waals surface area contributed by atoms with Gasteiger partial charge in [0, 0.05) is 51.9 Å². The fourth-order valence-corrected chi connectivity index (χ4v) is 3.43. The fraction of sp³-hybridized carbons (Fsp3) is 0.929.